The molecule has 1 heterocycles. The van der Waals surface area contributed by atoms with Crippen molar-refractivity contribution in [3.8, 4) is 5.75 Å². The van der Waals surface area contributed by atoms with Crippen LogP contribution in [0.5, 0.6) is 5.75 Å². The van der Waals surface area contributed by atoms with E-state index in [0.29, 0.717) is 11.8 Å². The van der Waals surface area contributed by atoms with Crippen LogP contribution in [0, 0.1) is 0 Å². The molecule has 6 heteroatoms. The molecule has 1 aromatic heterocycles. The van der Waals surface area contributed by atoms with E-state index in [1.807, 2.05) is 0 Å². The van der Waals surface area contributed by atoms with Gasteiger partial charge >= 0.3 is 5.97 Å². The van der Waals surface area contributed by atoms with Gasteiger partial charge in [-0.15, -0.1) is 0 Å². The zero-order valence-electron chi connectivity index (χ0n) is 16.2. The number of aromatic nitrogens is 1. The van der Waals surface area contributed by atoms with Crippen LogP contribution in [0.15, 0.2) is 30.3 Å². The van der Waals surface area contributed by atoms with Crippen molar-refractivity contribution in [3.05, 3.63) is 47.0 Å². The van der Waals surface area contributed by atoms with E-state index in [9.17, 15) is 4.79 Å². The quantitative estimate of drug-likeness (QED) is 0.546. The summed E-state index contributed by atoms with van der Waals surface area (Å²) in [4.78, 5) is 15.8. The van der Waals surface area contributed by atoms with Crippen molar-refractivity contribution >= 4 is 38.3 Å². The number of benzene rings is 2. The number of anilines is 2. The summed E-state index contributed by atoms with van der Waals surface area (Å²) < 4.78 is 6.89. The van der Waals surface area contributed by atoms with E-state index in [4.69, 9.17) is 14.8 Å². The highest BCUT2D eigenvalue weighted by Gasteiger charge is 2.21. The van der Waals surface area contributed by atoms with Gasteiger partial charge in [0.05, 0.1) is 22.9 Å². The van der Waals surface area contributed by atoms with Gasteiger partial charge in [0.15, 0.2) is 5.13 Å². The SMILES string of the molecule is COc1c(C(C)C)cc2nc(Nc3ccc(C(=O)O)cc3)sc2c1C(C)C. The minimum Gasteiger partial charge on any atom is -0.496 e. The number of fused-ring (bicyclic) bond motifs is 1. The second-order valence-corrected chi connectivity index (χ2v) is 8.10. The summed E-state index contributed by atoms with van der Waals surface area (Å²) in [6, 6.07) is 8.77. The number of ether oxygens (including phenoxy) is 1. The van der Waals surface area contributed by atoms with Gasteiger partial charge in [-0.05, 0) is 47.7 Å². The molecule has 142 valence electrons. The molecule has 3 rings (SSSR count). The summed E-state index contributed by atoms with van der Waals surface area (Å²) in [6.07, 6.45) is 0. The molecular formula is C21H24N2O3S. The predicted octanol–water partition coefficient (Wildman–Crippen LogP) is 5.99. The summed E-state index contributed by atoms with van der Waals surface area (Å²) in [6.45, 7) is 8.64. The highest BCUT2D eigenvalue weighted by molar-refractivity contribution is 7.22. The van der Waals surface area contributed by atoms with Crippen molar-refractivity contribution in [1.82, 2.24) is 4.98 Å². The van der Waals surface area contributed by atoms with Crippen LogP contribution in [-0.4, -0.2) is 23.2 Å². The van der Waals surface area contributed by atoms with Crippen LogP contribution in [0.25, 0.3) is 10.2 Å². The molecule has 0 aliphatic heterocycles. The summed E-state index contributed by atoms with van der Waals surface area (Å²) in [5.74, 6) is 0.665. The normalized spacial score (nSPS) is 11.4. The van der Waals surface area contributed by atoms with Gasteiger partial charge in [0, 0.05) is 11.3 Å². The number of aromatic carboxylic acids is 1. The fraction of sp³-hybridized carbons (Fsp3) is 0.333. The first-order chi connectivity index (χ1) is 12.8. The van der Waals surface area contributed by atoms with Crippen LogP contribution in [0.1, 0.15) is 61.0 Å². The first kappa shape index (κ1) is 19.2. The molecule has 0 saturated heterocycles. The van der Waals surface area contributed by atoms with Crippen LogP contribution in [0.4, 0.5) is 10.8 Å². The van der Waals surface area contributed by atoms with E-state index in [0.717, 1.165) is 32.3 Å². The lowest BCUT2D eigenvalue weighted by Crippen LogP contribution is -2.01. The van der Waals surface area contributed by atoms with Crippen molar-refractivity contribution in [1.29, 1.82) is 0 Å². The third-order valence-corrected chi connectivity index (χ3v) is 5.50. The lowest BCUT2D eigenvalue weighted by atomic mass is 9.93. The molecule has 0 fully saturated rings. The van der Waals surface area contributed by atoms with Crippen LogP contribution >= 0.6 is 11.3 Å². The second kappa shape index (κ2) is 7.56. The first-order valence-electron chi connectivity index (χ1n) is 8.93. The number of hydrogen-bond donors (Lipinski definition) is 2. The molecule has 0 radical (unpaired) electrons. The first-order valence-corrected chi connectivity index (χ1v) is 9.75. The van der Waals surface area contributed by atoms with Gasteiger partial charge in [0.1, 0.15) is 5.75 Å². The van der Waals surface area contributed by atoms with E-state index in [2.05, 4.69) is 39.1 Å². The fourth-order valence-electron chi connectivity index (χ4n) is 3.15. The van der Waals surface area contributed by atoms with E-state index in [1.54, 1.807) is 42.7 Å². The molecule has 0 atom stereocenters. The standard InChI is InChI=1S/C21H24N2O3S/c1-11(2)15-10-16-19(17(12(3)4)18(15)26-5)27-21(23-16)22-14-8-6-13(7-9-14)20(24)25/h6-12H,1-5H3,(H,22,23)(H,24,25). The zero-order valence-corrected chi connectivity index (χ0v) is 17.0. The van der Waals surface area contributed by atoms with Crippen molar-refractivity contribution in [3.63, 3.8) is 0 Å². The number of nitrogens with zero attached hydrogens (tertiary/aromatic N) is 1. The van der Waals surface area contributed by atoms with E-state index < -0.39 is 5.97 Å². The van der Waals surface area contributed by atoms with Crippen molar-refractivity contribution < 1.29 is 14.6 Å². The van der Waals surface area contributed by atoms with Gasteiger partial charge in [-0.3, -0.25) is 0 Å². The predicted molar refractivity (Wildman–Crippen MR) is 111 cm³/mol. The Labute approximate surface area is 163 Å². The number of methoxy groups -OCH3 is 1. The average Bonchev–Trinajstić information content (AvgIpc) is 3.01. The van der Waals surface area contributed by atoms with Crippen molar-refractivity contribution in [2.24, 2.45) is 0 Å². The Morgan fingerprint density at radius 1 is 1.15 bits per heavy atom. The molecule has 0 bridgehead atoms. The number of hydrogen-bond acceptors (Lipinski definition) is 5. The van der Waals surface area contributed by atoms with Gasteiger partial charge < -0.3 is 15.2 Å². The minimum atomic E-state index is -0.934. The molecule has 27 heavy (non-hydrogen) atoms. The molecule has 0 aliphatic carbocycles. The topological polar surface area (TPSA) is 71.5 Å². The molecule has 0 spiro atoms. The lowest BCUT2D eigenvalue weighted by molar-refractivity contribution is 0.0697. The summed E-state index contributed by atoms with van der Waals surface area (Å²) in [5.41, 5.74) is 4.37. The van der Waals surface area contributed by atoms with Gasteiger partial charge in [-0.25, -0.2) is 9.78 Å². The van der Waals surface area contributed by atoms with Gasteiger partial charge in [0.2, 0.25) is 0 Å². The number of carboxylic acids is 1. The largest absolute Gasteiger partial charge is 0.496 e. The molecule has 0 aliphatic rings. The molecule has 0 saturated carbocycles. The third-order valence-electron chi connectivity index (χ3n) is 4.48. The molecule has 5 nitrogen and oxygen atoms in total. The van der Waals surface area contributed by atoms with Crippen LogP contribution in [0.3, 0.4) is 0 Å². The minimum absolute atomic E-state index is 0.262. The molecule has 2 aromatic carbocycles. The molecule has 0 amide bonds. The maximum atomic E-state index is 11.0. The van der Waals surface area contributed by atoms with Gasteiger partial charge in [0.25, 0.3) is 0 Å². The lowest BCUT2D eigenvalue weighted by Gasteiger charge is -2.18. The Balaban J connectivity index is 2.06. The molecule has 0 unspecified atom stereocenters. The number of carboxylic acid groups (broad SMARTS) is 1. The monoisotopic (exact) mass is 384 g/mol. The van der Waals surface area contributed by atoms with Crippen molar-refractivity contribution in [2.75, 3.05) is 12.4 Å². The van der Waals surface area contributed by atoms with E-state index in [-0.39, 0.29) is 5.56 Å². The Kier molecular flexibility index (Phi) is 5.37. The van der Waals surface area contributed by atoms with Gasteiger partial charge in [-0.1, -0.05) is 39.0 Å². The maximum Gasteiger partial charge on any atom is 0.335 e. The molecule has 3 aromatic rings. The Morgan fingerprint density at radius 3 is 2.33 bits per heavy atom. The number of rotatable bonds is 6. The highest BCUT2D eigenvalue weighted by atomic mass is 32.1. The van der Waals surface area contributed by atoms with Crippen LogP contribution < -0.4 is 10.1 Å². The second-order valence-electron chi connectivity index (χ2n) is 7.10. The zero-order chi connectivity index (χ0) is 19.7. The third kappa shape index (κ3) is 3.76. The smallest absolute Gasteiger partial charge is 0.335 e. The number of thiazole rings is 1. The Hall–Kier alpha value is -2.60. The number of nitrogens with one attached hydrogen (secondary N) is 1. The van der Waals surface area contributed by atoms with Crippen LogP contribution in [0.2, 0.25) is 0 Å². The Morgan fingerprint density at radius 2 is 1.81 bits per heavy atom. The Bertz CT molecular complexity index is 975. The van der Waals surface area contributed by atoms with E-state index in [1.165, 1.54) is 5.56 Å². The summed E-state index contributed by atoms with van der Waals surface area (Å²) in [7, 11) is 1.73. The molecule has 2 N–H and O–H groups in total. The highest BCUT2D eigenvalue weighted by Crippen LogP contribution is 2.43. The molecular weight excluding hydrogens is 360 g/mol. The van der Waals surface area contributed by atoms with Crippen LogP contribution in [-0.2, 0) is 0 Å². The fourth-order valence-corrected chi connectivity index (χ4v) is 4.30. The summed E-state index contributed by atoms with van der Waals surface area (Å²) in [5, 5.41) is 13.1. The van der Waals surface area contributed by atoms with Crippen molar-refractivity contribution in [2.45, 2.75) is 39.5 Å². The maximum absolute atomic E-state index is 11.0. The van der Waals surface area contributed by atoms with E-state index >= 15 is 0 Å². The number of carbonyl (C=O) groups is 1. The average molecular weight is 385 g/mol. The van der Waals surface area contributed by atoms with Gasteiger partial charge in [-0.2, -0.15) is 0 Å². The summed E-state index contributed by atoms with van der Waals surface area (Å²) >= 11 is 1.59.